The van der Waals surface area contributed by atoms with Crippen molar-refractivity contribution >= 4 is 32.9 Å². The Labute approximate surface area is 117 Å². The van der Waals surface area contributed by atoms with Gasteiger partial charge >= 0.3 is 0 Å². The van der Waals surface area contributed by atoms with Gasteiger partial charge in [-0.05, 0) is 28.4 Å². The van der Waals surface area contributed by atoms with E-state index >= 15 is 0 Å². The summed E-state index contributed by atoms with van der Waals surface area (Å²) in [6.45, 7) is 0.551. The molecule has 0 saturated heterocycles. The van der Waals surface area contributed by atoms with Crippen LogP contribution in [0.25, 0.3) is 0 Å². The molecule has 0 bridgehead atoms. The van der Waals surface area contributed by atoms with Crippen molar-refractivity contribution in [1.29, 1.82) is 0 Å². The van der Waals surface area contributed by atoms with Crippen LogP contribution in [0.1, 0.15) is 18.4 Å². The second-order valence-electron chi connectivity index (χ2n) is 4.44. The van der Waals surface area contributed by atoms with Crippen molar-refractivity contribution in [1.82, 2.24) is 0 Å². The van der Waals surface area contributed by atoms with E-state index in [9.17, 15) is 4.39 Å². The number of nitrogens with two attached hydrogens (primary N) is 1. The lowest BCUT2D eigenvalue weighted by Crippen LogP contribution is -2.36. The number of ether oxygens (including phenoxy) is 1. The van der Waals surface area contributed by atoms with E-state index in [1.807, 2.05) is 0 Å². The number of nitrogens with zero attached hydrogens (tertiary/aromatic N) is 1. The number of rotatable bonds is 0. The highest BCUT2D eigenvalue weighted by Gasteiger charge is 2.40. The highest BCUT2D eigenvalue weighted by molar-refractivity contribution is 9.10. The first-order chi connectivity index (χ1) is 8.61. The summed E-state index contributed by atoms with van der Waals surface area (Å²) in [6, 6.07) is 3.20. The predicted molar refractivity (Wildman–Crippen MR) is 74.6 cm³/mol. The van der Waals surface area contributed by atoms with Gasteiger partial charge < -0.3 is 10.5 Å². The van der Waals surface area contributed by atoms with Gasteiger partial charge in [0.05, 0.1) is 16.6 Å². The first-order valence-electron chi connectivity index (χ1n) is 5.71. The minimum absolute atomic E-state index is 0.312. The lowest BCUT2D eigenvalue weighted by Gasteiger charge is -2.38. The Morgan fingerprint density at radius 3 is 3.06 bits per heavy atom. The average molecular weight is 331 g/mol. The van der Waals surface area contributed by atoms with Crippen LogP contribution < -0.4 is 10.5 Å². The quantitative estimate of drug-likeness (QED) is 0.795. The fourth-order valence-electron chi connectivity index (χ4n) is 2.48. The monoisotopic (exact) mass is 330 g/mol. The molecule has 3 rings (SSSR count). The molecule has 0 aromatic heterocycles. The number of fused-ring (bicyclic) bond motifs is 2. The molecule has 96 valence electrons. The van der Waals surface area contributed by atoms with Crippen LogP contribution in [0.5, 0.6) is 5.75 Å². The largest absolute Gasteiger partial charge is 0.493 e. The molecule has 2 aliphatic rings. The fourth-order valence-corrected chi connectivity index (χ4v) is 3.71. The van der Waals surface area contributed by atoms with E-state index in [1.54, 1.807) is 17.8 Å². The van der Waals surface area contributed by atoms with Crippen LogP contribution in [0.4, 0.5) is 4.39 Å². The van der Waals surface area contributed by atoms with Gasteiger partial charge in [0.1, 0.15) is 11.6 Å². The van der Waals surface area contributed by atoms with Crippen LogP contribution in [0, 0.1) is 5.82 Å². The molecular formula is C12H12BrFN2OS. The number of benzene rings is 1. The summed E-state index contributed by atoms with van der Waals surface area (Å²) in [5, 5.41) is 0.606. The van der Waals surface area contributed by atoms with Gasteiger partial charge in [0.25, 0.3) is 0 Å². The van der Waals surface area contributed by atoms with Gasteiger partial charge in [-0.25, -0.2) is 4.39 Å². The molecular weight excluding hydrogens is 319 g/mol. The van der Waals surface area contributed by atoms with E-state index in [-0.39, 0.29) is 11.4 Å². The number of thioether (sulfide) groups is 1. The van der Waals surface area contributed by atoms with Crippen LogP contribution in [-0.2, 0) is 5.54 Å². The highest BCUT2D eigenvalue weighted by Crippen LogP contribution is 2.46. The Morgan fingerprint density at radius 2 is 2.28 bits per heavy atom. The molecule has 0 fully saturated rings. The van der Waals surface area contributed by atoms with E-state index in [4.69, 9.17) is 10.5 Å². The molecule has 0 saturated carbocycles. The average Bonchev–Trinajstić information content (AvgIpc) is 2.32. The van der Waals surface area contributed by atoms with E-state index < -0.39 is 0 Å². The van der Waals surface area contributed by atoms with Gasteiger partial charge in [0.2, 0.25) is 0 Å². The number of hydrogen-bond acceptors (Lipinski definition) is 4. The van der Waals surface area contributed by atoms with Crippen molar-refractivity contribution in [2.24, 2.45) is 10.7 Å². The zero-order valence-electron chi connectivity index (χ0n) is 9.58. The predicted octanol–water partition coefficient (Wildman–Crippen LogP) is 3.02. The van der Waals surface area contributed by atoms with E-state index in [1.165, 1.54) is 6.07 Å². The van der Waals surface area contributed by atoms with Crippen molar-refractivity contribution in [2.75, 3.05) is 12.4 Å². The molecule has 2 aliphatic heterocycles. The molecule has 0 amide bonds. The molecule has 1 unspecified atom stereocenters. The number of amidine groups is 1. The Bertz CT molecular complexity index is 537. The molecule has 1 spiro atoms. The van der Waals surface area contributed by atoms with Crippen molar-refractivity contribution in [3.8, 4) is 5.75 Å². The zero-order valence-corrected chi connectivity index (χ0v) is 12.0. The van der Waals surface area contributed by atoms with Gasteiger partial charge in [-0.1, -0.05) is 11.8 Å². The topological polar surface area (TPSA) is 47.6 Å². The van der Waals surface area contributed by atoms with Crippen LogP contribution in [0.2, 0.25) is 0 Å². The lowest BCUT2D eigenvalue weighted by atomic mass is 9.82. The van der Waals surface area contributed by atoms with Crippen molar-refractivity contribution in [3.63, 3.8) is 0 Å². The normalized spacial score (nSPS) is 26.4. The van der Waals surface area contributed by atoms with E-state index in [0.717, 1.165) is 24.2 Å². The Morgan fingerprint density at radius 1 is 1.44 bits per heavy atom. The fraction of sp³-hybridized carbons (Fsp3) is 0.417. The van der Waals surface area contributed by atoms with Gasteiger partial charge in [0.15, 0.2) is 5.17 Å². The first kappa shape index (κ1) is 12.3. The van der Waals surface area contributed by atoms with Gasteiger partial charge in [-0.2, -0.15) is 0 Å². The highest BCUT2D eigenvalue weighted by atomic mass is 79.9. The SMILES string of the molecule is NC1=NC2(CCOc3cc(F)c(Br)cc32)CCS1. The van der Waals surface area contributed by atoms with E-state index in [2.05, 4.69) is 20.9 Å². The van der Waals surface area contributed by atoms with Crippen molar-refractivity contribution < 1.29 is 9.13 Å². The van der Waals surface area contributed by atoms with Gasteiger partial charge in [0, 0.05) is 23.8 Å². The van der Waals surface area contributed by atoms with Crippen LogP contribution >= 0.6 is 27.7 Å². The zero-order chi connectivity index (χ0) is 12.8. The molecule has 6 heteroatoms. The first-order valence-corrected chi connectivity index (χ1v) is 7.49. The summed E-state index contributed by atoms with van der Waals surface area (Å²) in [5.74, 6) is 1.21. The minimum Gasteiger partial charge on any atom is -0.493 e. The summed E-state index contributed by atoms with van der Waals surface area (Å²) >= 11 is 4.79. The molecule has 0 radical (unpaired) electrons. The van der Waals surface area contributed by atoms with Crippen molar-refractivity contribution in [2.45, 2.75) is 18.4 Å². The third-order valence-corrected chi connectivity index (χ3v) is 4.79. The van der Waals surface area contributed by atoms with E-state index in [0.29, 0.717) is 22.0 Å². The molecule has 2 heterocycles. The second kappa shape index (κ2) is 4.42. The Kier molecular flexibility index (Phi) is 3.02. The second-order valence-corrected chi connectivity index (χ2v) is 6.41. The molecule has 1 aromatic rings. The van der Waals surface area contributed by atoms with Crippen molar-refractivity contribution in [3.05, 3.63) is 28.0 Å². The maximum atomic E-state index is 13.5. The molecule has 1 aromatic carbocycles. The third kappa shape index (κ3) is 1.91. The Balaban J connectivity index is 2.17. The van der Waals surface area contributed by atoms with Crippen LogP contribution in [0.15, 0.2) is 21.6 Å². The standard InChI is InChI=1S/C12H12BrFN2OS/c13-8-5-7-10(6-9(8)14)17-3-1-12(7)2-4-18-11(15)16-12/h5-6H,1-4H2,(H2,15,16). The summed E-state index contributed by atoms with van der Waals surface area (Å²) < 4.78 is 19.5. The number of hydrogen-bond donors (Lipinski definition) is 1. The maximum Gasteiger partial charge on any atom is 0.154 e. The number of halogens is 2. The van der Waals surface area contributed by atoms with Gasteiger partial charge in [-0.15, -0.1) is 0 Å². The Hall–Kier alpha value is -0.750. The van der Waals surface area contributed by atoms with Crippen LogP contribution in [-0.4, -0.2) is 17.5 Å². The summed E-state index contributed by atoms with van der Waals surface area (Å²) in [5.41, 5.74) is 6.45. The molecule has 18 heavy (non-hydrogen) atoms. The smallest absolute Gasteiger partial charge is 0.154 e. The maximum absolute atomic E-state index is 13.5. The number of aliphatic imine (C=N–C) groups is 1. The summed E-state index contributed by atoms with van der Waals surface area (Å²) in [7, 11) is 0. The molecule has 1 atom stereocenters. The third-order valence-electron chi connectivity index (χ3n) is 3.39. The summed E-state index contributed by atoms with van der Waals surface area (Å²) in [6.07, 6.45) is 1.70. The molecule has 0 aliphatic carbocycles. The molecule has 3 nitrogen and oxygen atoms in total. The van der Waals surface area contributed by atoms with Crippen LogP contribution in [0.3, 0.4) is 0 Å². The molecule has 2 N–H and O–H groups in total. The summed E-state index contributed by atoms with van der Waals surface area (Å²) in [4.78, 5) is 4.62. The van der Waals surface area contributed by atoms with Gasteiger partial charge in [-0.3, -0.25) is 4.99 Å². The minimum atomic E-state index is -0.334. The lowest BCUT2D eigenvalue weighted by molar-refractivity contribution is 0.213.